The van der Waals surface area contributed by atoms with Gasteiger partial charge in [-0.05, 0) is 23.1 Å². The second-order valence-electron chi connectivity index (χ2n) is 7.56. The van der Waals surface area contributed by atoms with Gasteiger partial charge in [-0.1, -0.05) is 97.1 Å². The topological polar surface area (TPSA) is 81.7 Å². The monoisotopic (exact) mass is 457 g/mol. The first kappa shape index (κ1) is 24.5. The molecule has 0 saturated carbocycles. The van der Waals surface area contributed by atoms with E-state index in [0.717, 1.165) is 16.7 Å². The number of ether oxygens (including phenoxy) is 2. The highest BCUT2D eigenvalue weighted by atomic mass is 16.5. The van der Waals surface area contributed by atoms with Crippen LogP contribution in [0.5, 0.6) is 0 Å². The fourth-order valence-electron chi connectivity index (χ4n) is 3.95. The first-order chi connectivity index (χ1) is 16.5. The first-order valence-corrected chi connectivity index (χ1v) is 10.8. The Bertz CT molecular complexity index is 1030. The van der Waals surface area contributed by atoms with Crippen LogP contribution in [-0.2, 0) is 29.3 Å². The molecule has 6 heteroatoms. The van der Waals surface area contributed by atoms with Gasteiger partial charge in [0, 0.05) is 6.08 Å². The van der Waals surface area contributed by atoms with Gasteiger partial charge in [0.05, 0.1) is 14.2 Å². The van der Waals surface area contributed by atoms with Crippen molar-refractivity contribution in [2.75, 3.05) is 14.2 Å². The molecule has 0 aromatic heterocycles. The molecule has 1 atom stereocenters. The average Bonchev–Trinajstić information content (AvgIpc) is 2.90. The average molecular weight is 458 g/mol. The molecule has 34 heavy (non-hydrogen) atoms. The van der Waals surface area contributed by atoms with Crippen molar-refractivity contribution in [2.24, 2.45) is 0 Å². The summed E-state index contributed by atoms with van der Waals surface area (Å²) in [5, 5.41) is 2.88. The molecular formula is C28H27NO5. The summed E-state index contributed by atoms with van der Waals surface area (Å²) in [6.45, 7) is 0. The van der Waals surface area contributed by atoms with E-state index < -0.39 is 29.3 Å². The third kappa shape index (κ3) is 5.23. The summed E-state index contributed by atoms with van der Waals surface area (Å²) in [6, 6.07) is 27.3. The molecule has 1 N–H and O–H groups in total. The molecule has 0 saturated heterocycles. The number of hydrogen-bond acceptors (Lipinski definition) is 5. The molecule has 0 fully saturated rings. The van der Waals surface area contributed by atoms with Crippen molar-refractivity contribution in [3.05, 3.63) is 120 Å². The third-order valence-electron chi connectivity index (χ3n) is 5.58. The van der Waals surface area contributed by atoms with Crippen molar-refractivity contribution in [2.45, 2.75) is 17.9 Å². The molecule has 1 amide bonds. The van der Waals surface area contributed by atoms with Gasteiger partial charge in [0.2, 0.25) is 5.91 Å². The largest absolute Gasteiger partial charge is 0.467 e. The van der Waals surface area contributed by atoms with Gasteiger partial charge in [0.1, 0.15) is 11.5 Å². The minimum absolute atomic E-state index is 0.0575. The van der Waals surface area contributed by atoms with Crippen molar-refractivity contribution in [3.63, 3.8) is 0 Å². The summed E-state index contributed by atoms with van der Waals surface area (Å²) in [6.07, 6.45) is 2.74. The lowest BCUT2D eigenvalue weighted by molar-refractivity contribution is -0.145. The fraction of sp³-hybridized carbons (Fsp3) is 0.179. The van der Waals surface area contributed by atoms with E-state index in [1.54, 1.807) is 0 Å². The Morgan fingerprint density at radius 2 is 1.21 bits per heavy atom. The number of carbonyl (C=O) groups is 3. The summed E-state index contributed by atoms with van der Waals surface area (Å²) in [7, 11) is 2.52. The molecule has 0 spiro atoms. The van der Waals surface area contributed by atoms with E-state index in [1.165, 1.54) is 26.4 Å². The van der Waals surface area contributed by atoms with E-state index in [-0.39, 0.29) is 6.42 Å². The summed E-state index contributed by atoms with van der Waals surface area (Å²) in [5.41, 5.74) is 1.01. The molecule has 0 bridgehead atoms. The lowest BCUT2D eigenvalue weighted by Gasteiger charge is -2.35. The summed E-state index contributed by atoms with van der Waals surface area (Å²) in [5.74, 6) is -1.56. The molecule has 0 aliphatic rings. The summed E-state index contributed by atoms with van der Waals surface area (Å²) >= 11 is 0. The minimum atomic E-state index is -1.23. The zero-order chi connectivity index (χ0) is 24.4. The second-order valence-corrected chi connectivity index (χ2v) is 7.56. The first-order valence-electron chi connectivity index (χ1n) is 10.8. The molecule has 3 rings (SSSR count). The third-order valence-corrected chi connectivity index (χ3v) is 5.58. The van der Waals surface area contributed by atoms with E-state index in [1.807, 2.05) is 91.0 Å². The zero-order valence-electron chi connectivity index (χ0n) is 19.1. The van der Waals surface area contributed by atoms with Crippen LogP contribution in [0.3, 0.4) is 0 Å². The van der Waals surface area contributed by atoms with Gasteiger partial charge in [-0.3, -0.25) is 4.79 Å². The SMILES string of the molecule is COC(=O)/C=C/C[C@@H](NC(=O)C(c1ccccc1)(c1ccccc1)c1ccccc1)C(=O)OC. The molecule has 0 aliphatic heterocycles. The van der Waals surface area contributed by atoms with Gasteiger partial charge >= 0.3 is 11.9 Å². The number of amides is 1. The number of benzene rings is 3. The maximum absolute atomic E-state index is 14.2. The van der Waals surface area contributed by atoms with Crippen molar-refractivity contribution < 1.29 is 23.9 Å². The maximum Gasteiger partial charge on any atom is 0.330 e. The number of nitrogens with one attached hydrogen (secondary N) is 1. The van der Waals surface area contributed by atoms with Crippen LogP contribution in [0.1, 0.15) is 23.1 Å². The Hall–Kier alpha value is -4.19. The van der Waals surface area contributed by atoms with Crippen LogP contribution in [0, 0.1) is 0 Å². The molecule has 0 radical (unpaired) electrons. The molecule has 6 nitrogen and oxygen atoms in total. The number of hydrogen-bond donors (Lipinski definition) is 1. The van der Waals surface area contributed by atoms with Gasteiger partial charge in [-0.15, -0.1) is 0 Å². The highest BCUT2D eigenvalue weighted by Crippen LogP contribution is 2.39. The van der Waals surface area contributed by atoms with Crippen molar-refractivity contribution in [1.82, 2.24) is 5.32 Å². The Morgan fingerprint density at radius 3 is 1.59 bits per heavy atom. The smallest absolute Gasteiger partial charge is 0.330 e. The molecule has 0 unspecified atom stereocenters. The summed E-state index contributed by atoms with van der Waals surface area (Å²) in [4.78, 5) is 38.2. The quantitative estimate of drug-likeness (QED) is 0.300. The van der Waals surface area contributed by atoms with Crippen molar-refractivity contribution in [3.8, 4) is 0 Å². The van der Waals surface area contributed by atoms with Gasteiger partial charge in [0.25, 0.3) is 0 Å². The van der Waals surface area contributed by atoms with Crippen molar-refractivity contribution >= 4 is 17.8 Å². The molecular weight excluding hydrogens is 430 g/mol. The lowest BCUT2D eigenvalue weighted by Crippen LogP contribution is -2.52. The molecule has 3 aromatic carbocycles. The predicted molar refractivity (Wildman–Crippen MR) is 129 cm³/mol. The Kier molecular flexibility index (Phi) is 8.35. The molecule has 3 aromatic rings. The van der Waals surface area contributed by atoms with Crippen LogP contribution in [-0.4, -0.2) is 38.1 Å². The van der Waals surface area contributed by atoms with Gasteiger partial charge < -0.3 is 14.8 Å². The Balaban J connectivity index is 2.14. The van der Waals surface area contributed by atoms with Crippen LogP contribution < -0.4 is 5.32 Å². The molecule has 0 aliphatic carbocycles. The van der Waals surface area contributed by atoms with Crippen LogP contribution in [0.4, 0.5) is 0 Å². The normalized spacial score (nSPS) is 12.1. The van der Waals surface area contributed by atoms with Crippen molar-refractivity contribution in [1.29, 1.82) is 0 Å². The van der Waals surface area contributed by atoms with Gasteiger partial charge in [-0.2, -0.15) is 0 Å². The van der Waals surface area contributed by atoms with E-state index in [9.17, 15) is 14.4 Å². The fourth-order valence-corrected chi connectivity index (χ4v) is 3.95. The minimum Gasteiger partial charge on any atom is -0.467 e. The van der Waals surface area contributed by atoms with E-state index >= 15 is 0 Å². The number of carbonyl (C=O) groups excluding carboxylic acids is 3. The lowest BCUT2D eigenvalue weighted by atomic mass is 9.68. The second kappa shape index (κ2) is 11.6. The Labute approximate surface area is 199 Å². The highest BCUT2D eigenvalue weighted by Gasteiger charge is 2.44. The van der Waals surface area contributed by atoms with Crippen LogP contribution >= 0.6 is 0 Å². The van der Waals surface area contributed by atoms with E-state index in [0.29, 0.717) is 0 Å². The van der Waals surface area contributed by atoms with E-state index in [2.05, 4.69) is 10.1 Å². The van der Waals surface area contributed by atoms with Gasteiger partial charge in [-0.25, -0.2) is 9.59 Å². The summed E-state index contributed by atoms with van der Waals surface area (Å²) < 4.78 is 9.52. The van der Waals surface area contributed by atoms with Crippen LogP contribution in [0.2, 0.25) is 0 Å². The standard InChI is InChI=1S/C28H27NO5/c1-33-25(30)20-12-19-24(26(31)34-2)29-27(32)28(21-13-6-3-7-14-21,22-15-8-4-9-16-22)23-17-10-5-11-18-23/h3-18,20,24H,19H2,1-2H3,(H,29,32)/b20-12+/t24-/m1/s1. The number of methoxy groups -OCH3 is 2. The number of esters is 2. The van der Waals surface area contributed by atoms with E-state index in [4.69, 9.17) is 4.74 Å². The molecule has 0 heterocycles. The Morgan fingerprint density at radius 1 is 0.765 bits per heavy atom. The molecule has 174 valence electrons. The van der Waals surface area contributed by atoms with Crippen LogP contribution in [0.15, 0.2) is 103 Å². The van der Waals surface area contributed by atoms with Crippen LogP contribution in [0.25, 0.3) is 0 Å². The predicted octanol–water partition coefficient (Wildman–Crippen LogP) is 3.80. The highest BCUT2D eigenvalue weighted by molar-refractivity contribution is 5.98. The zero-order valence-corrected chi connectivity index (χ0v) is 19.1. The number of rotatable bonds is 9. The van der Waals surface area contributed by atoms with Gasteiger partial charge in [0.15, 0.2) is 0 Å². The maximum atomic E-state index is 14.2.